The maximum atomic E-state index is 13.0. The van der Waals surface area contributed by atoms with E-state index in [1.807, 2.05) is 20.0 Å². The molecule has 1 aliphatic heterocycles. The van der Waals surface area contributed by atoms with Crippen LogP contribution in [0.25, 0.3) is 11.0 Å². The molecule has 3 heterocycles. The van der Waals surface area contributed by atoms with Gasteiger partial charge in [0.2, 0.25) is 0 Å². The molecule has 1 aromatic carbocycles. The summed E-state index contributed by atoms with van der Waals surface area (Å²) in [6, 6.07) is 7.12. The van der Waals surface area contributed by atoms with Crippen LogP contribution in [0.3, 0.4) is 0 Å². The Labute approximate surface area is 150 Å². The van der Waals surface area contributed by atoms with Crippen molar-refractivity contribution >= 4 is 28.6 Å². The van der Waals surface area contributed by atoms with Crippen molar-refractivity contribution in [2.45, 2.75) is 13.3 Å². The Morgan fingerprint density at radius 2 is 2.00 bits per heavy atom. The molecule has 0 fully saturated rings. The first kappa shape index (κ1) is 16.3. The summed E-state index contributed by atoms with van der Waals surface area (Å²) in [6.07, 6.45) is 2.29. The molecule has 0 unspecified atom stereocenters. The van der Waals surface area contributed by atoms with Gasteiger partial charge >= 0.3 is 5.97 Å². The van der Waals surface area contributed by atoms with E-state index in [-0.39, 0.29) is 11.9 Å². The van der Waals surface area contributed by atoms with Crippen LogP contribution in [0.2, 0.25) is 0 Å². The van der Waals surface area contributed by atoms with Gasteiger partial charge in [0.25, 0.3) is 5.91 Å². The third-order valence-corrected chi connectivity index (χ3v) is 4.75. The number of amides is 1. The number of carbonyl (C=O) groups excluding carboxylic acids is 2. The van der Waals surface area contributed by atoms with Gasteiger partial charge in [-0.2, -0.15) is 5.10 Å². The first-order valence-electron chi connectivity index (χ1n) is 8.32. The summed E-state index contributed by atoms with van der Waals surface area (Å²) in [7, 11) is 3.19. The summed E-state index contributed by atoms with van der Waals surface area (Å²) in [6.45, 7) is 2.47. The highest BCUT2D eigenvalue weighted by atomic mass is 16.5. The number of fused-ring (bicyclic) bond motifs is 2. The fraction of sp³-hybridized carbons (Fsp3) is 0.263. The van der Waals surface area contributed by atoms with Crippen LogP contribution in [0.4, 0.5) is 5.69 Å². The number of rotatable bonds is 2. The van der Waals surface area contributed by atoms with Gasteiger partial charge in [0.05, 0.1) is 23.9 Å². The summed E-state index contributed by atoms with van der Waals surface area (Å²) in [5, 5.41) is 5.22. The van der Waals surface area contributed by atoms with Crippen LogP contribution >= 0.6 is 0 Å². The predicted octanol–water partition coefficient (Wildman–Crippen LogP) is 2.27. The Kier molecular flexibility index (Phi) is 3.72. The molecule has 0 saturated carbocycles. The van der Waals surface area contributed by atoms with Crippen molar-refractivity contribution in [1.29, 1.82) is 0 Å². The van der Waals surface area contributed by atoms with Crippen LogP contribution < -0.4 is 4.90 Å². The average Bonchev–Trinajstić information content (AvgIpc) is 3.20. The minimum atomic E-state index is -0.376. The monoisotopic (exact) mass is 350 g/mol. The number of esters is 1. The molecule has 1 aliphatic rings. The zero-order chi connectivity index (χ0) is 18.4. The Morgan fingerprint density at radius 3 is 2.77 bits per heavy atom. The molecule has 0 bridgehead atoms. The maximum Gasteiger partial charge on any atom is 0.337 e. The first-order chi connectivity index (χ1) is 12.5. The molecule has 0 N–H and O–H groups in total. The number of pyridine rings is 1. The van der Waals surface area contributed by atoms with Crippen molar-refractivity contribution in [1.82, 2.24) is 14.8 Å². The van der Waals surface area contributed by atoms with E-state index in [1.165, 1.54) is 7.11 Å². The normalized spacial score (nSPS) is 13.1. The fourth-order valence-electron chi connectivity index (χ4n) is 3.44. The van der Waals surface area contributed by atoms with Gasteiger partial charge in [0.15, 0.2) is 5.65 Å². The third kappa shape index (κ3) is 2.44. The minimum Gasteiger partial charge on any atom is -0.465 e. The lowest BCUT2D eigenvalue weighted by Crippen LogP contribution is -2.29. The molecule has 7 heteroatoms. The molecule has 0 spiro atoms. The van der Waals surface area contributed by atoms with Crippen LogP contribution in [-0.4, -0.2) is 40.3 Å². The van der Waals surface area contributed by atoms with E-state index in [0.717, 1.165) is 28.0 Å². The Morgan fingerprint density at radius 1 is 1.19 bits per heavy atom. The maximum absolute atomic E-state index is 13.0. The van der Waals surface area contributed by atoms with E-state index < -0.39 is 0 Å². The lowest BCUT2D eigenvalue weighted by atomic mass is 10.1. The number of ether oxygens (including phenoxy) is 1. The Balaban J connectivity index is 1.69. The molecule has 132 valence electrons. The molecule has 0 aliphatic carbocycles. The van der Waals surface area contributed by atoms with Crippen molar-refractivity contribution in [2.24, 2.45) is 7.05 Å². The van der Waals surface area contributed by atoms with E-state index in [2.05, 4.69) is 10.1 Å². The van der Waals surface area contributed by atoms with Gasteiger partial charge < -0.3 is 9.64 Å². The van der Waals surface area contributed by atoms with Gasteiger partial charge in [-0.15, -0.1) is 0 Å². The van der Waals surface area contributed by atoms with Crippen LogP contribution in [0.15, 0.2) is 30.5 Å². The SMILES string of the molecule is COC(=O)c1ccc2c(c1)CCN2C(=O)c1cnc2c(c1)c(C)nn2C. The molecule has 0 atom stereocenters. The van der Waals surface area contributed by atoms with Gasteiger partial charge in [0.1, 0.15) is 0 Å². The van der Waals surface area contributed by atoms with Gasteiger partial charge in [0, 0.05) is 30.9 Å². The van der Waals surface area contributed by atoms with Crippen LogP contribution in [0.5, 0.6) is 0 Å². The summed E-state index contributed by atoms with van der Waals surface area (Å²) in [5.74, 6) is -0.480. The highest BCUT2D eigenvalue weighted by Crippen LogP contribution is 2.31. The molecular formula is C19H18N4O3. The zero-order valence-corrected chi connectivity index (χ0v) is 14.8. The number of benzene rings is 1. The van der Waals surface area contributed by atoms with Gasteiger partial charge in [-0.05, 0) is 43.2 Å². The number of anilines is 1. The molecule has 26 heavy (non-hydrogen) atoms. The molecule has 2 aromatic heterocycles. The molecular weight excluding hydrogens is 332 g/mol. The molecule has 0 radical (unpaired) electrons. The number of aryl methyl sites for hydroxylation is 2. The molecule has 7 nitrogen and oxygen atoms in total. The smallest absolute Gasteiger partial charge is 0.337 e. The van der Waals surface area contributed by atoms with E-state index in [9.17, 15) is 9.59 Å². The Bertz CT molecular complexity index is 1050. The fourth-order valence-corrected chi connectivity index (χ4v) is 3.44. The van der Waals surface area contributed by atoms with Crippen molar-refractivity contribution in [3.63, 3.8) is 0 Å². The summed E-state index contributed by atoms with van der Waals surface area (Å²) in [5.41, 5.74) is 4.41. The quantitative estimate of drug-likeness (QED) is 0.663. The summed E-state index contributed by atoms with van der Waals surface area (Å²) in [4.78, 5) is 30.8. The van der Waals surface area contributed by atoms with Crippen molar-refractivity contribution in [3.8, 4) is 0 Å². The topological polar surface area (TPSA) is 77.3 Å². The van der Waals surface area contributed by atoms with Crippen molar-refractivity contribution < 1.29 is 14.3 Å². The average molecular weight is 350 g/mol. The van der Waals surface area contributed by atoms with Crippen molar-refractivity contribution in [2.75, 3.05) is 18.6 Å². The van der Waals surface area contributed by atoms with E-state index in [4.69, 9.17) is 4.74 Å². The second-order valence-corrected chi connectivity index (χ2v) is 6.35. The highest BCUT2D eigenvalue weighted by molar-refractivity contribution is 6.08. The highest BCUT2D eigenvalue weighted by Gasteiger charge is 2.27. The zero-order valence-electron chi connectivity index (χ0n) is 14.8. The number of carbonyl (C=O) groups is 2. The van der Waals surface area contributed by atoms with Crippen LogP contribution in [0, 0.1) is 6.92 Å². The molecule has 4 rings (SSSR count). The van der Waals surface area contributed by atoms with Gasteiger partial charge in [-0.3, -0.25) is 9.48 Å². The van der Waals surface area contributed by atoms with Crippen LogP contribution in [0.1, 0.15) is 32.0 Å². The molecule has 3 aromatic rings. The number of hydrogen-bond acceptors (Lipinski definition) is 5. The molecule has 1 amide bonds. The second kappa shape index (κ2) is 5.94. The Hall–Kier alpha value is -3.22. The summed E-state index contributed by atoms with van der Waals surface area (Å²) >= 11 is 0. The number of methoxy groups -OCH3 is 1. The number of hydrogen-bond donors (Lipinski definition) is 0. The third-order valence-electron chi connectivity index (χ3n) is 4.75. The molecule has 0 saturated heterocycles. The lowest BCUT2D eigenvalue weighted by Gasteiger charge is -2.17. The van der Waals surface area contributed by atoms with E-state index in [0.29, 0.717) is 24.1 Å². The standard InChI is InChI=1S/C19H18N4O3/c1-11-15-9-14(10-20-17(15)22(2)21-11)18(24)23-7-6-12-8-13(19(25)26-3)4-5-16(12)23/h4-5,8-10H,6-7H2,1-3H3. The largest absolute Gasteiger partial charge is 0.465 e. The predicted molar refractivity (Wildman–Crippen MR) is 96.4 cm³/mol. The minimum absolute atomic E-state index is 0.104. The van der Waals surface area contributed by atoms with E-state index in [1.54, 1.807) is 34.0 Å². The lowest BCUT2D eigenvalue weighted by molar-refractivity contribution is 0.0600. The summed E-state index contributed by atoms with van der Waals surface area (Å²) < 4.78 is 6.46. The van der Waals surface area contributed by atoms with Crippen molar-refractivity contribution in [3.05, 3.63) is 52.8 Å². The van der Waals surface area contributed by atoms with E-state index >= 15 is 0 Å². The first-order valence-corrected chi connectivity index (χ1v) is 8.32. The van der Waals surface area contributed by atoms with Crippen LogP contribution in [-0.2, 0) is 18.2 Å². The van der Waals surface area contributed by atoms with Gasteiger partial charge in [-0.1, -0.05) is 0 Å². The van der Waals surface area contributed by atoms with Gasteiger partial charge in [-0.25, -0.2) is 9.78 Å². The number of aromatic nitrogens is 3. The number of nitrogens with zero attached hydrogens (tertiary/aromatic N) is 4. The second-order valence-electron chi connectivity index (χ2n) is 6.35.